The zero-order valence-corrected chi connectivity index (χ0v) is 16.1. The number of hydrogen-bond donors (Lipinski definition) is 1. The second-order valence-corrected chi connectivity index (χ2v) is 6.92. The van der Waals surface area contributed by atoms with E-state index in [1.807, 2.05) is 0 Å². The highest BCUT2D eigenvalue weighted by atomic mass is 35.5. The second kappa shape index (κ2) is 6.88. The zero-order chi connectivity index (χ0) is 19.1. The predicted molar refractivity (Wildman–Crippen MR) is 106 cm³/mol. The number of aromatic amines is 1. The van der Waals surface area contributed by atoms with Gasteiger partial charge in [0.2, 0.25) is 0 Å². The highest BCUT2D eigenvalue weighted by Gasteiger charge is 2.27. The first-order valence-electron chi connectivity index (χ1n) is 7.76. The molecule has 0 saturated carbocycles. The van der Waals surface area contributed by atoms with E-state index in [0.29, 0.717) is 43.5 Å². The lowest BCUT2D eigenvalue weighted by atomic mass is 10.1. The average molecular weight is 422 g/mol. The summed E-state index contributed by atoms with van der Waals surface area (Å²) in [5.74, 6) is 0.359. The highest BCUT2D eigenvalue weighted by Crippen LogP contribution is 2.41. The Morgan fingerprint density at radius 2 is 1.70 bits per heavy atom. The van der Waals surface area contributed by atoms with Crippen molar-refractivity contribution in [3.05, 3.63) is 67.9 Å². The van der Waals surface area contributed by atoms with Crippen LogP contribution in [0.15, 0.2) is 47.3 Å². The van der Waals surface area contributed by atoms with Crippen LogP contribution >= 0.6 is 34.8 Å². The minimum absolute atomic E-state index is 0.149. The lowest BCUT2D eigenvalue weighted by Gasteiger charge is -2.19. The fraction of sp³-hybridized carbons (Fsp3) is 0.0556. The van der Waals surface area contributed by atoms with E-state index < -0.39 is 5.56 Å². The highest BCUT2D eigenvalue weighted by molar-refractivity contribution is 6.36. The molecule has 0 bridgehead atoms. The molecule has 0 radical (unpaired) electrons. The number of benzene rings is 2. The summed E-state index contributed by atoms with van der Waals surface area (Å²) in [6.45, 7) is 0. The number of hydrogen-bond acceptors (Lipinski definition) is 4. The molecule has 0 atom stereocenters. The van der Waals surface area contributed by atoms with Crippen molar-refractivity contribution in [3.8, 4) is 34.1 Å². The van der Waals surface area contributed by atoms with Gasteiger partial charge in [-0.3, -0.25) is 4.79 Å². The number of halogens is 3. The van der Waals surface area contributed by atoms with Crippen LogP contribution in [0.3, 0.4) is 0 Å². The van der Waals surface area contributed by atoms with Gasteiger partial charge in [0, 0.05) is 15.6 Å². The largest absolute Gasteiger partial charge is 0.492 e. The average Bonchev–Trinajstić information content (AvgIpc) is 3.02. The number of fused-ring (bicyclic) bond motifs is 1. The van der Waals surface area contributed by atoms with E-state index in [1.54, 1.807) is 47.1 Å². The number of nitrogens with zero attached hydrogens (tertiary/aromatic N) is 3. The Balaban J connectivity index is 2.14. The monoisotopic (exact) mass is 420 g/mol. The standard InChI is InChI=1S/C18H11Cl3N4O2/c1-27-17-14-15(18(26)23-22-14)24-25(11-5-2-9(19)3-6-11)16(17)12-7-4-10(20)8-13(12)21/h2-8H,1H3,(H,23,26). The van der Waals surface area contributed by atoms with Crippen LogP contribution in [0.25, 0.3) is 28.3 Å². The van der Waals surface area contributed by atoms with E-state index in [9.17, 15) is 4.79 Å². The van der Waals surface area contributed by atoms with Gasteiger partial charge in [0.1, 0.15) is 5.69 Å². The van der Waals surface area contributed by atoms with E-state index in [1.165, 1.54) is 7.11 Å². The van der Waals surface area contributed by atoms with Crippen molar-refractivity contribution in [1.82, 2.24) is 20.0 Å². The summed E-state index contributed by atoms with van der Waals surface area (Å²) in [5, 5.41) is 12.4. The molecule has 2 aliphatic rings. The van der Waals surface area contributed by atoms with Crippen molar-refractivity contribution in [2.75, 3.05) is 7.11 Å². The topological polar surface area (TPSA) is 72.8 Å². The fourth-order valence-corrected chi connectivity index (χ4v) is 3.43. The normalized spacial score (nSPS) is 11.1. The van der Waals surface area contributed by atoms with Crippen molar-refractivity contribution in [2.45, 2.75) is 0 Å². The first-order valence-corrected chi connectivity index (χ1v) is 8.89. The number of methoxy groups -OCH3 is 1. The van der Waals surface area contributed by atoms with Gasteiger partial charge in [0.25, 0.3) is 5.56 Å². The Labute approximate surface area is 168 Å². The molecule has 2 heterocycles. The van der Waals surface area contributed by atoms with Crippen LogP contribution in [0.1, 0.15) is 0 Å². The lowest BCUT2D eigenvalue weighted by Crippen LogP contribution is -2.13. The van der Waals surface area contributed by atoms with Crippen LogP contribution in [0.2, 0.25) is 15.1 Å². The van der Waals surface area contributed by atoms with Gasteiger partial charge in [0.15, 0.2) is 17.1 Å². The molecule has 2 aromatic carbocycles. The molecule has 27 heavy (non-hydrogen) atoms. The third-order valence-electron chi connectivity index (χ3n) is 4.01. The summed E-state index contributed by atoms with van der Waals surface area (Å²) in [5.41, 5.74) is 1.86. The summed E-state index contributed by atoms with van der Waals surface area (Å²) in [6, 6.07) is 12.1. The van der Waals surface area contributed by atoms with Gasteiger partial charge in [-0.15, -0.1) is 0 Å². The first-order chi connectivity index (χ1) is 13.0. The van der Waals surface area contributed by atoms with E-state index in [-0.39, 0.29) is 5.69 Å². The Hall–Kier alpha value is -2.54. The van der Waals surface area contributed by atoms with Gasteiger partial charge in [-0.2, -0.15) is 10.2 Å². The van der Waals surface area contributed by atoms with Crippen LogP contribution in [-0.2, 0) is 0 Å². The van der Waals surface area contributed by atoms with Gasteiger partial charge in [-0.05, 0) is 42.5 Å². The maximum Gasteiger partial charge on any atom is 0.294 e. The first kappa shape index (κ1) is 17.9. The van der Waals surface area contributed by atoms with Crippen LogP contribution in [0.4, 0.5) is 0 Å². The van der Waals surface area contributed by atoms with Crippen molar-refractivity contribution in [1.29, 1.82) is 0 Å². The van der Waals surface area contributed by atoms with E-state index >= 15 is 0 Å². The molecule has 2 aromatic rings. The van der Waals surface area contributed by atoms with Crippen molar-refractivity contribution >= 4 is 34.8 Å². The summed E-state index contributed by atoms with van der Waals surface area (Å²) in [6.07, 6.45) is 0. The van der Waals surface area contributed by atoms with Crippen LogP contribution in [-0.4, -0.2) is 27.1 Å². The molecular weight excluding hydrogens is 411 g/mol. The van der Waals surface area contributed by atoms with Gasteiger partial charge < -0.3 is 4.74 Å². The van der Waals surface area contributed by atoms with Gasteiger partial charge in [-0.25, -0.2) is 9.78 Å². The van der Waals surface area contributed by atoms with E-state index in [0.717, 1.165) is 0 Å². The molecule has 0 unspecified atom stereocenters. The summed E-state index contributed by atoms with van der Waals surface area (Å²) in [7, 11) is 1.49. The fourth-order valence-electron chi connectivity index (χ4n) is 2.81. The molecule has 2 aliphatic heterocycles. The van der Waals surface area contributed by atoms with Crippen molar-refractivity contribution in [3.63, 3.8) is 0 Å². The lowest BCUT2D eigenvalue weighted by molar-refractivity contribution is 0.412. The second-order valence-electron chi connectivity index (χ2n) is 5.64. The third kappa shape index (κ3) is 3.06. The van der Waals surface area contributed by atoms with Crippen LogP contribution in [0, 0.1) is 0 Å². The number of aromatic nitrogens is 4. The SMILES string of the molecule is COc1c2n[nH]c(=O)c-2nn(-c2ccc(Cl)cc2)c1-c1ccc(Cl)cc1Cl. The maximum atomic E-state index is 12.1. The minimum atomic E-state index is -0.417. The summed E-state index contributed by atoms with van der Waals surface area (Å²) >= 11 is 18.5. The van der Waals surface area contributed by atoms with Crippen molar-refractivity contribution in [2.24, 2.45) is 0 Å². The predicted octanol–water partition coefficient (Wildman–Crippen LogP) is 4.70. The molecule has 9 heteroatoms. The Bertz CT molecular complexity index is 1170. The number of nitrogens with one attached hydrogen (secondary N) is 1. The smallest absolute Gasteiger partial charge is 0.294 e. The number of rotatable bonds is 3. The Morgan fingerprint density at radius 1 is 1.00 bits per heavy atom. The van der Waals surface area contributed by atoms with E-state index in [4.69, 9.17) is 39.5 Å². The van der Waals surface area contributed by atoms with Crippen LogP contribution in [0.5, 0.6) is 5.75 Å². The number of ether oxygens (including phenoxy) is 1. The van der Waals surface area contributed by atoms with E-state index in [2.05, 4.69) is 15.3 Å². The molecule has 136 valence electrons. The van der Waals surface area contributed by atoms with Gasteiger partial charge in [0.05, 0.1) is 17.8 Å². The van der Waals surface area contributed by atoms with Crippen LogP contribution < -0.4 is 10.3 Å². The molecule has 0 saturated heterocycles. The molecule has 0 amide bonds. The quantitative estimate of drug-likeness (QED) is 0.520. The molecule has 0 fully saturated rings. The summed E-state index contributed by atoms with van der Waals surface area (Å²) < 4.78 is 7.17. The molecule has 6 nitrogen and oxygen atoms in total. The zero-order valence-electron chi connectivity index (χ0n) is 13.8. The molecule has 0 aliphatic carbocycles. The molecule has 0 aromatic heterocycles. The number of H-pyrrole nitrogens is 1. The Morgan fingerprint density at radius 3 is 2.37 bits per heavy atom. The van der Waals surface area contributed by atoms with Crippen molar-refractivity contribution < 1.29 is 4.74 Å². The molecule has 0 spiro atoms. The third-order valence-corrected chi connectivity index (χ3v) is 4.81. The molecular formula is C18H11Cl3N4O2. The van der Waals surface area contributed by atoms with Gasteiger partial charge >= 0.3 is 0 Å². The summed E-state index contributed by atoms with van der Waals surface area (Å²) in [4.78, 5) is 12.1. The molecule has 4 rings (SSSR count). The van der Waals surface area contributed by atoms with Gasteiger partial charge in [-0.1, -0.05) is 34.8 Å². The minimum Gasteiger partial charge on any atom is -0.492 e. The maximum absolute atomic E-state index is 12.1. The molecule has 1 N–H and O–H groups in total. The Kier molecular flexibility index (Phi) is 4.55.